The molecule has 26 heavy (non-hydrogen) atoms. The summed E-state index contributed by atoms with van der Waals surface area (Å²) in [4.78, 5) is 14.0. The van der Waals surface area contributed by atoms with Crippen molar-refractivity contribution in [1.82, 2.24) is 9.72 Å². The fourth-order valence-electron chi connectivity index (χ4n) is 3.09. The van der Waals surface area contributed by atoms with Gasteiger partial charge in [0, 0.05) is 24.8 Å². The minimum absolute atomic E-state index is 0.113. The smallest absolute Gasteiger partial charge is 0.389 e. The molecule has 0 aliphatic carbocycles. The number of hydrogen-bond donors (Lipinski definition) is 1. The number of hydrogen-bond acceptors (Lipinski definition) is 5. The van der Waals surface area contributed by atoms with Gasteiger partial charge in [0.2, 0.25) is 0 Å². The topological polar surface area (TPSA) is 71.5 Å². The van der Waals surface area contributed by atoms with E-state index in [9.17, 15) is 9.90 Å². The number of aromatic nitrogens is 2. The van der Waals surface area contributed by atoms with Crippen molar-refractivity contribution in [3.05, 3.63) is 70.2 Å². The van der Waals surface area contributed by atoms with Gasteiger partial charge >= 0.3 is 5.76 Å². The van der Waals surface area contributed by atoms with Crippen molar-refractivity contribution < 1.29 is 9.63 Å². The van der Waals surface area contributed by atoms with E-state index in [1.165, 1.54) is 15.7 Å². The van der Waals surface area contributed by atoms with E-state index in [1.54, 1.807) is 0 Å². The molecule has 1 unspecified atom stereocenters. The molecule has 3 aromatic rings. The molecule has 6 nitrogen and oxygen atoms in total. The van der Waals surface area contributed by atoms with Crippen molar-refractivity contribution in [2.75, 3.05) is 18.5 Å². The normalized spacial score (nSPS) is 12.2. The standard InChI is InChI=1S/C20H23N3O3/c1-14-9-15(2)11-17(10-14)22(3)12-18(24)13-23-19(21-26-20(23)25)16-7-5-4-6-8-16/h4-11,18,24H,12-13H2,1-3H3. The molecular formula is C20H23N3O3. The monoisotopic (exact) mass is 353 g/mol. The first-order valence-electron chi connectivity index (χ1n) is 8.53. The number of likely N-dealkylation sites (N-methyl/N-ethyl adjacent to an activating group) is 1. The van der Waals surface area contributed by atoms with Crippen LogP contribution < -0.4 is 10.7 Å². The lowest BCUT2D eigenvalue weighted by molar-refractivity contribution is 0.158. The van der Waals surface area contributed by atoms with Crippen molar-refractivity contribution in [2.24, 2.45) is 0 Å². The highest BCUT2D eigenvalue weighted by Gasteiger charge is 2.17. The van der Waals surface area contributed by atoms with Gasteiger partial charge < -0.3 is 10.0 Å². The lowest BCUT2D eigenvalue weighted by Crippen LogP contribution is -2.34. The van der Waals surface area contributed by atoms with E-state index in [4.69, 9.17) is 4.52 Å². The minimum atomic E-state index is -0.750. The number of rotatable bonds is 6. The van der Waals surface area contributed by atoms with Crippen LogP contribution in [0.5, 0.6) is 0 Å². The number of aliphatic hydroxyl groups excluding tert-OH is 1. The van der Waals surface area contributed by atoms with Crippen molar-refractivity contribution in [1.29, 1.82) is 0 Å². The van der Waals surface area contributed by atoms with Gasteiger partial charge in [-0.3, -0.25) is 9.09 Å². The molecule has 6 heteroatoms. The van der Waals surface area contributed by atoms with Gasteiger partial charge in [-0.15, -0.1) is 0 Å². The minimum Gasteiger partial charge on any atom is -0.389 e. The fraction of sp³-hybridized carbons (Fsp3) is 0.300. The maximum absolute atomic E-state index is 12.0. The Morgan fingerprint density at radius 1 is 1.15 bits per heavy atom. The molecule has 3 rings (SSSR count). The molecule has 0 fully saturated rings. The van der Waals surface area contributed by atoms with Crippen LogP contribution in [0.15, 0.2) is 57.8 Å². The van der Waals surface area contributed by atoms with Gasteiger partial charge in [0.1, 0.15) is 0 Å². The Bertz CT molecular complexity index is 911. The van der Waals surface area contributed by atoms with Crippen molar-refractivity contribution >= 4 is 5.69 Å². The first-order chi connectivity index (χ1) is 12.4. The van der Waals surface area contributed by atoms with Gasteiger partial charge in [-0.25, -0.2) is 4.79 Å². The second-order valence-electron chi connectivity index (χ2n) is 6.63. The Kier molecular flexibility index (Phi) is 5.23. The fourth-order valence-corrected chi connectivity index (χ4v) is 3.09. The third-order valence-corrected chi connectivity index (χ3v) is 4.24. The first kappa shape index (κ1) is 17.9. The van der Waals surface area contributed by atoms with E-state index in [2.05, 4.69) is 23.4 Å². The molecule has 0 amide bonds. The molecule has 0 spiro atoms. The van der Waals surface area contributed by atoms with Crippen molar-refractivity contribution in [3.63, 3.8) is 0 Å². The molecule has 0 saturated heterocycles. The van der Waals surface area contributed by atoms with Crippen LogP contribution in [-0.2, 0) is 6.54 Å². The van der Waals surface area contributed by atoms with Crippen LogP contribution in [-0.4, -0.2) is 34.5 Å². The third-order valence-electron chi connectivity index (χ3n) is 4.24. The molecule has 136 valence electrons. The molecule has 0 radical (unpaired) electrons. The van der Waals surface area contributed by atoms with Crippen molar-refractivity contribution in [2.45, 2.75) is 26.5 Å². The quantitative estimate of drug-likeness (QED) is 0.738. The third kappa shape index (κ3) is 4.03. The molecule has 2 aromatic carbocycles. The lowest BCUT2D eigenvalue weighted by atomic mass is 10.1. The number of benzene rings is 2. The van der Waals surface area contributed by atoms with Crippen LogP contribution in [0.2, 0.25) is 0 Å². The maximum atomic E-state index is 12.0. The van der Waals surface area contributed by atoms with Crippen LogP contribution in [0.1, 0.15) is 11.1 Å². The van der Waals surface area contributed by atoms with Gasteiger partial charge in [0.25, 0.3) is 0 Å². The van der Waals surface area contributed by atoms with Crippen LogP contribution in [0.3, 0.4) is 0 Å². The highest BCUT2D eigenvalue weighted by molar-refractivity contribution is 5.54. The average Bonchev–Trinajstić information content (AvgIpc) is 2.95. The summed E-state index contributed by atoms with van der Waals surface area (Å²) in [6.07, 6.45) is -0.750. The highest BCUT2D eigenvalue weighted by Crippen LogP contribution is 2.19. The molecule has 1 heterocycles. The summed E-state index contributed by atoms with van der Waals surface area (Å²) in [7, 11) is 1.92. The van der Waals surface area contributed by atoms with E-state index in [0.717, 1.165) is 11.3 Å². The number of aliphatic hydroxyl groups is 1. The summed E-state index contributed by atoms with van der Waals surface area (Å²) >= 11 is 0. The Labute approximate surface area is 152 Å². The number of anilines is 1. The summed E-state index contributed by atoms with van der Waals surface area (Å²) in [6, 6.07) is 15.6. The van der Waals surface area contributed by atoms with Gasteiger partial charge in [0.15, 0.2) is 5.82 Å². The summed E-state index contributed by atoms with van der Waals surface area (Å²) in [6.45, 7) is 4.59. The summed E-state index contributed by atoms with van der Waals surface area (Å²) < 4.78 is 6.18. The Balaban J connectivity index is 1.75. The maximum Gasteiger partial charge on any atom is 0.441 e. The highest BCUT2D eigenvalue weighted by atomic mass is 16.5. The lowest BCUT2D eigenvalue weighted by Gasteiger charge is -2.23. The van der Waals surface area contributed by atoms with Gasteiger partial charge in [-0.05, 0) is 37.1 Å². The molecule has 0 saturated carbocycles. The van der Waals surface area contributed by atoms with Crippen LogP contribution in [0.4, 0.5) is 5.69 Å². The summed E-state index contributed by atoms with van der Waals surface area (Å²) in [5.41, 5.74) is 4.14. The van der Waals surface area contributed by atoms with E-state index in [-0.39, 0.29) is 6.54 Å². The summed E-state index contributed by atoms with van der Waals surface area (Å²) in [5.74, 6) is -0.152. The van der Waals surface area contributed by atoms with E-state index in [1.807, 2.05) is 56.1 Å². The Hall–Kier alpha value is -2.86. The molecular weight excluding hydrogens is 330 g/mol. The Morgan fingerprint density at radius 2 is 1.81 bits per heavy atom. The van der Waals surface area contributed by atoms with Gasteiger partial charge in [-0.1, -0.05) is 41.6 Å². The zero-order valence-corrected chi connectivity index (χ0v) is 15.2. The number of aryl methyl sites for hydroxylation is 2. The molecule has 1 atom stereocenters. The Morgan fingerprint density at radius 3 is 2.46 bits per heavy atom. The zero-order valence-electron chi connectivity index (χ0n) is 15.2. The predicted octanol–water partition coefficient (Wildman–Crippen LogP) is 2.62. The molecule has 1 N–H and O–H groups in total. The van der Waals surface area contributed by atoms with E-state index < -0.39 is 11.9 Å². The molecule has 1 aromatic heterocycles. The molecule has 0 aliphatic rings. The molecule has 0 aliphatic heterocycles. The van der Waals surface area contributed by atoms with Gasteiger partial charge in [0.05, 0.1) is 12.6 Å². The van der Waals surface area contributed by atoms with Crippen LogP contribution in [0, 0.1) is 13.8 Å². The van der Waals surface area contributed by atoms with Crippen molar-refractivity contribution in [3.8, 4) is 11.4 Å². The second-order valence-corrected chi connectivity index (χ2v) is 6.63. The zero-order chi connectivity index (χ0) is 18.7. The van der Waals surface area contributed by atoms with Gasteiger partial charge in [-0.2, -0.15) is 0 Å². The predicted molar refractivity (Wildman–Crippen MR) is 101 cm³/mol. The van der Waals surface area contributed by atoms with Crippen LogP contribution >= 0.6 is 0 Å². The number of nitrogens with zero attached hydrogens (tertiary/aromatic N) is 3. The largest absolute Gasteiger partial charge is 0.441 e. The van der Waals surface area contributed by atoms with E-state index in [0.29, 0.717) is 12.4 Å². The molecule has 0 bridgehead atoms. The second kappa shape index (κ2) is 7.58. The summed E-state index contributed by atoms with van der Waals surface area (Å²) in [5, 5.41) is 14.4. The SMILES string of the molecule is Cc1cc(C)cc(N(C)CC(O)Cn2c(-c3ccccc3)noc2=O)c1. The first-order valence-corrected chi connectivity index (χ1v) is 8.53. The van der Waals surface area contributed by atoms with Crippen LogP contribution in [0.25, 0.3) is 11.4 Å². The van der Waals surface area contributed by atoms with E-state index >= 15 is 0 Å². The average molecular weight is 353 g/mol.